The number of piperazine rings is 1. The molecular formula is C25H31N5O2. The summed E-state index contributed by atoms with van der Waals surface area (Å²) in [5.41, 5.74) is 11.8. The standard InChI is InChI=1S/C25H31N5O2/c1-16-15-29(11-12-30(16)22(31)9-13-32-2)25-21(26)14-20(24(28-25)18-6-7-18)19-5-3-4-17-8-10-27-23(17)19/h3-5,8,10,14,16,18,27H,6-7,9,11-13,15,26H2,1-2H3/t16-/m1/s1. The maximum absolute atomic E-state index is 12.5. The predicted octanol–water partition coefficient (Wildman–Crippen LogP) is 3.76. The lowest BCUT2D eigenvalue weighted by Crippen LogP contribution is -2.54. The number of H-pyrrole nitrogens is 1. The number of carbonyl (C=O) groups excluding carboxylic acids is 1. The van der Waals surface area contributed by atoms with Crippen LogP contribution in [0.2, 0.25) is 0 Å². The normalized spacial score (nSPS) is 19.0. The van der Waals surface area contributed by atoms with Crippen molar-refractivity contribution < 1.29 is 9.53 Å². The van der Waals surface area contributed by atoms with Crippen molar-refractivity contribution in [1.82, 2.24) is 14.9 Å². The van der Waals surface area contributed by atoms with Gasteiger partial charge in [-0.3, -0.25) is 4.79 Å². The molecule has 3 N–H and O–H groups in total. The van der Waals surface area contributed by atoms with Crippen LogP contribution in [0.1, 0.15) is 37.8 Å². The van der Waals surface area contributed by atoms with E-state index in [1.54, 1.807) is 7.11 Å². The first-order valence-electron chi connectivity index (χ1n) is 11.5. The van der Waals surface area contributed by atoms with Gasteiger partial charge in [-0.2, -0.15) is 0 Å². The Balaban J connectivity index is 1.45. The molecule has 32 heavy (non-hydrogen) atoms. The topological polar surface area (TPSA) is 87.5 Å². The minimum Gasteiger partial charge on any atom is -0.396 e. The van der Waals surface area contributed by atoms with Crippen molar-refractivity contribution in [3.05, 3.63) is 42.2 Å². The molecule has 7 nitrogen and oxygen atoms in total. The van der Waals surface area contributed by atoms with Crippen molar-refractivity contribution in [1.29, 1.82) is 0 Å². The summed E-state index contributed by atoms with van der Waals surface area (Å²) in [5, 5.41) is 1.19. The number of methoxy groups -OCH3 is 1. The first-order chi connectivity index (χ1) is 15.6. The van der Waals surface area contributed by atoms with E-state index in [2.05, 4.69) is 47.1 Å². The van der Waals surface area contributed by atoms with Crippen LogP contribution in [-0.2, 0) is 9.53 Å². The summed E-state index contributed by atoms with van der Waals surface area (Å²) in [5.74, 6) is 1.49. The molecule has 3 heterocycles. The van der Waals surface area contributed by atoms with Crippen molar-refractivity contribution in [2.24, 2.45) is 0 Å². The summed E-state index contributed by atoms with van der Waals surface area (Å²) < 4.78 is 5.07. The van der Waals surface area contributed by atoms with E-state index in [1.165, 1.54) is 18.2 Å². The van der Waals surface area contributed by atoms with E-state index in [4.69, 9.17) is 15.5 Å². The average molecular weight is 434 g/mol. The highest BCUT2D eigenvalue weighted by Crippen LogP contribution is 2.46. The van der Waals surface area contributed by atoms with Crippen LogP contribution >= 0.6 is 0 Å². The molecule has 1 atom stereocenters. The molecule has 1 aromatic carbocycles. The Labute approximate surface area is 188 Å². The molecule has 1 aliphatic heterocycles. The number of benzene rings is 1. The van der Waals surface area contributed by atoms with Crippen LogP contribution in [0.5, 0.6) is 0 Å². The number of ether oxygens (including phenoxy) is 1. The first kappa shape index (κ1) is 20.8. The molecule has 0 bridgehead atoms. The van der Waals surface area contributed by atoms with Gasteiger partial charge in [0.15, 0.2) is 5.82 Å². The molecule has 168 valence electrons. The highest BCUT2D eigenvalue weighted by Gasteiger charge is 2.33. The Morgan fingerprint density at radius 2 is 2.09 bits per heavy atom. The summed E-state index contributed by atoms with van der Waals surface area (Å²) in [7, 11) is 1.63. The molecule has 1 saturated heterocycles. The van der Waals surface area contributed by atoms with E-state index < -0.39 is 0 Å². The molecule has 0 unspecified atom stereocenters. The van der Waals surface area contributed by atoms with E-state index in [0.29, 0.717) is 31.2 Å². The quantitative estimate of drug-likeness (QED) is 0.618. The number of rotatable bonds is 6. The second kappa shape index (κ2) is 8.47. The fraction of sp³-hybridized carbons (Fsp3) is 0.440. The zero-order chi connectivity index (χ0) is 22.2. The molecule has 2 aromatic heterocycles. The smallest absolute Gasteiger partial charge is 0.225 e. The SMILES string of the molecule is COCCC(=O)N1CCN(c2nc(C3CC3)c(-c3cccc4cc[nH]c34)cc2N)C[C@H]1C. The van der Waals surface area contributed by atoms with Gasteiger partial charge in [0.25, 0.3) is 0 Å². The average Bonchev–Trinajstić information content (AvgIpc) is 3.52. The van der Waals surface area contributed by atoms with Crippen LogP contribution in [0, 0.1) is 0 Å². The first-order valence-corrected chi connectivity index (χ1v) is 11.5. The summed E-state index contributed by atoms with van der Waals surface area (Å²) >= 11 is 0. The lowest BCUT2D eigenvalue weighted by Gasteiger charge is -2.41. The third-order valence-electron chi connectivity index (χ3n) is 6.67. The number of nitrogens with two attached hydrogens (primary N) is 1. The lowest BCUT2D eigenvalue weighted by molar-refractivity contribution is -0.134. The van der Waals surface area contributed by atoms with E-state index in [9.17, 15) is 4.79 Å². The number of pyridine rings is 1. The summed E-state index contributed by atoms with van der Waals surface area (Å²) in [6, 6.07) is 10.7. The van der Waals surface area contributed by atoms with Crippen molar-refractivity contribution >= 4 is 28.3 Å². The molecule has 2 aliphatic rings. The van der Waals surface area contributed by atoms with Crippen LogP contribution in [0.3, 0.4) is 0 Å². The zero-order valence-corrected chi connectivity index (χ0v) is 18.8. The number of fused-ring (bicyclic) bond motifs is 1. The Bertz CT molecular complexity index is 1140. The number of hydrogen-bond donors (Lipinski definition) is 2. The Morgan fingerprint density at radius 3 is 2.84 bits per heavy atom. The van der Waals surface area contributed by atoms with Gasteiger partial charge in [0, 0.05) is 56.0 Å². The largest absolute Gasteiger partial charge is 0.396 e. The molecular weight excluding hydrogens is 402 g/mol. The molecule has 0 spiro atoms. The third kappa shape index (κ3) is 3.81. The van der Waals surface area contributed by atoms with Gasteiger partial charge in [-0.05, 0) is 37.3 Å². The van der Waals surface area contributed by atoms with Crippen molar-refractivity contribution in [2.45, 2.75) is 38.1 Å². The lowest BCUT2D eigenvalue weighted by atomic mass is 9.98. The number of para-hydroxylation sites is 1. The van der Waals surface area contributed by atoms with Gasteiger partial charge in [-0.15, -0.1) is 0 Å². The number of anilines is 2. The molecule has 2 fully saturated rings. The van der Waals surface area contributed by atoms with Crippen LogP contribution in [-0.4, -0.2) is 60.2 Å². The number of nitrogens with one attached hydrogen (secondary N) is 1. The maximum atomic E-state index is 12.5. The van der Waals surface area contributed by atoms with Gasteiger partial charge < -0.3 is 25.3 Å². The van der Waals surface area contributed by atoms with E-state index in [1.807, 2.05) is 11.1 Å². The fourth-order valence-electron chi connectivity index (χ4n) is 4.83. The van der Waals surface area contributed by atoms with Gasteiger partial charge in [0.2, 0.25) is 5.91 Å². The van der Waals surface area contributed by atoms with E-state index in [0.717, 1.165) is 41.2 Å². The molecule has 1 saturated carbocycles. The second-order valence-corrected chi connectivity index (χ2v) is 8.98. The minimum absolute atomic E-state index is 0.103. The Kier molecular flexibility index (Phi) is 5.51. The molecule has 0 radical (unpaired) electrons. The number of amides is 1. The summed E-state index contributed by atoms with van der Waals surface area (Å²) in [6.07, 6.45) is 4.74. The van der Waals surface area contributed by atoms with Crippen LogP contribution in [0.25, 0.3) is 22.0 Å². The molecule has 3 aromatic rings. The summed E-state index contributed by atoms with van der Waals surface area (Å²) in [4.78, 5) is 25.2. The summed E-state index contributed by atoms with van der Waals surface area (Å²) in [6.45, 7) is 4.68. The van der Waals surface area contributed by atoms with Crippen molar-refractivity contribution in [2.75, 3.05) is 44.0 Å². The number of nitrogens with zero attached hydrogens (tertiary/aromatic N) is 3. The number of aromatic nitrogens is 2. The van der Waals surface area contributed by atoms with Gasteiger partial charge in [-0.25, -0.2) is 4.98 Å². The zero-order valence-electron chi connectivity index (χ0n) is 18.8. The van der Waals surface area contributed by atoms with E-state index in [-0.39, 0.29) is 11.9 Å². The Hall–Kier alpha value is -3.06. The van der Waals surface area contributed by atoms with Gasteiger partial charge in [0.05, 0.1) is 29.9 Å². The molecule has 5 rings (SSSR count). The monoisotopic (exact) mass is 433 g/mol. The highest BCUT2D eigenvalue weighted by molar-refractivity contribution is 5.96. The van der Waals surface area contributed by atoms with Crippen LogP contribution in [0.15, 0.2) is 36.5 Å². The second-order valence-electron chi connectivity index (χ2n) is 8.98. The highest BCUT2D eigenvalue weighted by atomic mass is 16.5. The number of nitrogen functional groups attached to an aromatic ring is 1. The van der Waals surface area contributed by atoms with E-state index >= 15 is 0 Å². The molecule has 1 amide bonds. The van der Waals surface area contributed by atoms with Crippen molar-refractivity contribution in [3.63, 3.8) is 0 Å². The predicted molar refractivity (Wildman–Crippen MR) is 128 cm³/mol. The van der Waals surface area contributed by atoms with Crippen LogP contribution in [0.4, 0.5) is 11.5 Å². The van der Waals surface area contributed by atoms with Gasteiger partial charge in [-0.1, -0.05) is 18.2 Å². The Morgan fingerprint density at radius 1 is 1.25 bits per heavy atom. The number of aromatic amines is 1. The maximum Gasteiger partial charge on any atom is 0.225 e. The van der Waals surface area contributed by atoms with Gasteiger partial charge >= 0.3 is 0 Å². The third-order valence-corrected chi connectivity index (χ3v) is 6.67. The van der Waals surface area contributed by atoms with Gasteiger partial charge in [0.1, 0.15) is 0 Å². The number of carbonyl (C=O) groups is 1. The fourth-order valence-corrected chi connectivity index (χ4v) is 4.83. The van der Waals surface area contributed by atoms with Crippen LogP contribution < -0.4 is 10.6 Å². The van der Waals surface area contributed by atoms with Crippen molar-refractivity contribution in [3.8, 4) is 11.1 Å². The molecule has 1 aliphatic carbocycles. The minimum atomic E-state index is 0.103. The number of hydrogen-bond acceptors (Lipinski definition) is 5. The molecule has 7 heteroatoms.